The average Bonchev–Trinajstić information content (AvgIpc) is 2.29. The summed E-state index contributed by atoms with van der Waals surface area (Å²) in [5.74, 6) is 2.35. The normalized spacial score (nSPS) is 10.4. The van der Waals surface area contributed by atoms with Gasteiger partial charge in [-0.1, -0.05) is 13.8 Å². The summed E-state index contributed by atoms with van der Waals surface area (Å²) in [4.78, 5) is 8.21. The molecule has 0 saturated heterocycles. The number of hydrogen-bond donors (Lipinski definition) is 1. The third-order valence-corrected chi connectivity index (χ3v) is 2.25. The highest BCUT2D eigenvalue weighted by Gasteiger charge is 2.12. The molecule has 0 unspecified atom stereocenters. The van der Waals surface area contributed by atoms with Crippen LogP contribution in [0.3, 0.4) is 0 Å². The topological polar surface area (TPSA) is 56.3 Å². The largest absolute Gasteiger partial charge is 0.489 e. The van der Waals surface area contributed by atoms with Crippen LogP contribution in [0.5, 0.6) is 11.6 Å². The lowest BCUT2D eigenvalue weighted by Crippen LogP contribution is -2.07. The van der Waals surface area contributed by atoms with E-state index in [1.165, 1.54) is 6.33 Å². The quantitative estimate of drug-likeness (QED) is 0.791. The van der Waals surface area contributed by atoms with Crippen molar-refractivity contribution >= 4 is 5.82 Å². The van der Waals surface area contributed by atoms with E-state index in [0.29, 0.717) is 30.0 Å². The van der Waals surface area contributed by atoms with Crippen LogP contribution in [0.25, 0.3) is 0 Å². The molecule has 1 rings (SSSR count). The second-order valence-electron chi connectivity index (χ2n) is 4.12. The molecule has 0 saturated carbocycles. The monoisotopic (exact) mass is 239 g/mol. The van der Waals surface area contributed by atoms with E-state index < -0.39 is 0 Å². The lowest BCUT2D eigenvalue weighted by atomic mass is 10.1. The molecule has 0 fully saturated rings. The first-order valence-corrected chi connectivity index (χ1v) is 5.94. The third kappa shape index (κ3) is 4.09. The first kappa shape index (κ1) is 13.5. The second kappa shape index (κ2) is 6.93. The number of rotatable bonds is 7. The summed E-state index contributed by atoms with van der Waals surface area (Å²) in [6.45, 7) is 7.73. The Balaban J connectivity index is 2.73. The molecule has 0 aliphatic carbocycles. The summed E-state index contributed by atoms with van der Waals surface area (Å²) < 4.78 is 10.9. The Labute approximate surface area is 103 Å². The molecular formula is C12H21N3O2. The fourth-order valence-electron chi connectivity index (χ4n) is 1.33. The van der Waals surface area contributed by atoms with E-state index in [1.54, 1.807) is 7.11 Å². The number of nitrogens with zero attached hydrogens (tertiary/aromatic N) is 2. The number of nitrogens with one attached hydrogen (secondary N) is 1. The van der Waals surface area contributed by atoms with Gasteiger partial charge in [-0.3, -0.25) is 0 Å². The molecule has 0 atom stereocenters. The lowest BCUT2D eigenvalue weighted by molar-refractivity contribution is 0.262. The minimum Gasteiger partial charge on any atom is -0.489 e. The van der Waals surface area contributed by atoms with Crippen LogP contribution in [0.1, 0.15) is 27.2 Å². The average molecular weight is 239 g/mol. The highest BCUT2D eigenvalue weighted by Crippen LogP contribution is 2.30. The first-order valence-electron chi connectivity index (χ1n) is 5.94. The summed E-state index contributed by atoms with van der Waals surface area (Å²) in [5, 5.41) is 3.11. The zero-order valence-electron chi connectivity index (χ0n) is 11.0. The molecule has 0 aromatic carbocycles. The fraction of sp³-hybridized carbons (Fsp3) is 0.667. The molecule has 0 amide bonds. The van der Waals surface area contributed by atoms with Gasteiger partial charge in [-0.2, -0.15) is 4.98 Å². The van der Waals surface area contributed by atoms with E-state index in [0.717, 1.165) is 13.0 Å². The van der Waals surface area contributed by atoms with Gasteiger partial charge in [-0.15, -0.1) is 0 Å². The van der Waals surface area contributed by atoms with Gasteiger partial charge >= 0.3 is 0 Å². The van der Waals surface area contributed by atoms with Crippen LogP contribution in [-0.4, -0.2) is 30.2 Å². The molecular weight excluding hydrogens is 218 g/mol. The van der Waals surface area contributed by atoms with E-state index in [9.17, 15) is 0 Å². The Kier molecular flexibility index (Phi) is 5.52. The van der Waals surface area contributed by atoms with Crippen molar-refractivity contribution in [1.82, 2.24) is 9.97 Å². The van der Waals surface area contributed by atoms with Crippen LogP contribution in [-0.2, 0) is 0 Å². The molecule has 0 spiro atoms. The van der Waals surface area contributed by atoms with E-state index in [4.69, 9.17) is 9.47 Å². The molecule has 96 valence electrons. The molecule has 0 bridgehead atoms. The van der Waals surface area contributed by atoms with Crippen LogP contribution in [0, 0.1) is 5.92 Å². The van der Waals surface area contributed by atoms with Gasteiger partial charge in [0.1, 0.15) is 6.33 Å². The number of methoxy groups -OCH3 is 1. The summed E-state index contributed by atoms with van der Waals surface area (Å²) in [7, 11) is 1.59. The van der Waals surface area contributed by atoms with Crippen molar-refractivity contribution in [2.45, 2.75) is 27.2 Å². The zero-order valence-corrected chi connectivity index (χ0v) is 11.0. The van der Waals surface area contributed by atoms with Gasteiger partial charge in [-0.05, 0) is 19.3 Å². The van der Waals surface area contributed by atoms with Crippen molar-refractivity contribution in [1.29, 1.82) is 0 Å². The van der Waals surface area contributed by atoms with Gasteiger partial charge < -0.3 is 14.8 Å². The summed E-state index contributed by atoms with van der Waals surface area (Å²) in [6.07, 6.45) is 2.47. The van der Waals surface area contributed by atoms with Crippen LogP contribution < -0.4 is 14.8 Å². The minimum absolute atomic E-state index is 0.499. The lowest BCUT2D eigenvalue weighted by Gasteiger charge is -2.13. The molecule has 1 heterocycles. The van der Waals surface area contributed by atoms with E-state index in [-0.39, 0.29) is 0 Å². The summed E-state index contributed by atoms with van der Waals surface area (Å²) in [5.41, 5.74) is 0. The van der Waals surface area contributed by atoms with E-state index in [2.05, 4.69) is 29.1 Å². The molecule has 1 aromatic rings. The molecule has 0 aliphatic heterocycles. The van der Waals surface area contributed by atoms with Gasteiger partial charge in [0.05, 0.1) is 13.7 Å². The van der Waals surface area contributed by atoms with Crippen molar-refractivity contribution in [2.24, 2.45) is 5.92 Å². The Morgan fingerprint density at radius 3 is 2.71 bits per heavy atom. The van der Waals surface area contributed by atoms with Gasteiger partial charge in [0.25, 0.3) is 5.88 Å². The van der Waals surface area contributed by atoms with Crippen LogP contribution >= 0.6 is 0 Å². The van der Waals surface area contributed by atoms with Crippen LogP contribution in [0.4, 0.5) is 5.82 Å². The van der Waals surface area contributed by atoms with Crippen molar-refractivity contribution in [3.63, 3.8) is 0 Å². The zero-order chi connectivity index (χ0) is 12.7. The molecule has 0 aliphatic rings. The maximum absolute atomic E-state index is 5.61. The third-order valence-electron chi connectivity index (χ3n) is 2.25. The molecule has 0 radical (unpaired) electrons. The predicted octanol–water partition coefficient (Wildman–Crippen LogP) is 2.34. The van der Waals surface area contributed by atoms with Crippen molar-refractivity contribution < 1.29 is 9.47 Å². The summed E-state index contributed by atoms with van der Waals surface area (Å²) in [6, 6.07) is 0. The number of ether oxygens (including phenoxy) is 2. The molecule has 5 heteroatoms. The van der Waals surface area contributed by atoms with E-state index in [1.807, 2.05) is 6.92 Å². The van der Waals surface area contributed by atoms with Gasteiger partial charge in [-0.25, -0.2) is 4.98 Å². The fourth-order valence-corrected chi connectivity index (χ4v) is 1.33. The molecule has 1 aromatic heterocycles. The van der Waals surface area contributed by atoms with Crippen molar-refractivity contribution in [3.05, 3.63) is 6.33 Å². The highest BCUT2D eigenvalue weighted by molar-refractivity contribution is 5.54. The predicted molar refractivity (Wildman–Crippen MR) is 67.7 cm³/mol. The smallest absolute Gasteiger partial charge is 0.262 e. The van der Waals surface area contributed by atoms with Crippen LogP contribution in [0.2, 0.25) is 0 Å². The Morgan fingerprint density at radius 2 is 2.12 bits per heavy atom. The van der Waals surface area contributed by atoms with Crippen LogP contribution in [0.15, 0.2) is 6.33 Å². The van der Waals surface area contributed by atoms with Crippen molar-refractivity contribution in [3.8, 4) is 11.6 Å². The molecule has 5 nitrogen and oxygen atoms in total. The number of anilines is 1. The molecule has 1 N–H and O–H groups in total. The second-order valence-corrected chi connectivity index (χ2v) is 4.12. The van der Waals surface area contributed by atoms with Gasteiger partial charge in [0.2, 0.25) is 5.75 Å². The Morgan fingerprint density at radius 1 is 1.35 bits per heavy atom. The first-order chi connectivity index (χ1) is 8.19. The summed E-state index contributed by atoms with van der Waals surface area (Å²) >= 11 is 0. The maximum Gasteiger partial charge on any atom is 0.262 e. The van der Waals surface area contributed by atoms with Gasteiger partial charge in [0, 0.05) is 6.54 Å². The number of hydrogen-bond acceptors (Lipinski definition) is 5. The maximum atomic E-state index is 5.61. The number of aromatic nitrogens is 2. The minimum atomic E-state index is 0.499. The standard InChI is InChI=1S/C12H21N3O2/c1-5-13-11-10(16-4)12(15-8-14-11)17-7-6-9(2)3/h8-9H,5-7H2,1-4H3,(H,13,14,15). The van der Waals surface area contributed by atoms with Crippen molar-refractivity contribution in [2.75, 3.05) is 25.6 Å². The Hall–Kier alpha value is -1.52. The molecule has 17 heavy (non-hydrogen) atoms. The Bertz CT molecular complexity index is 343. The highest BCUT2D eigenvalue weighted by atomic mass is 16.5. The SMILES string of the molecule is CCNc1ncnc(OCCC(C)C)c1OC. The van der Waals surface area contributed by atoms with Gasteiger partial charge in [0.15, 0.2) is 5.82 Å². The van der Waals surface area contributed by atoms with E-state index >= 15 is 0 Å².